The van der Waals surface area contributed by atoms with Crippen molar-refractivity contribution >= 4 is 5.78 Å². The minimum atomic E-state index is -0.599. The van der Waals surface area contributed by atoms with Crippen molar-refractivity contribution in [2.45, 2.75) is 41.5 Å². The Morgan fingerprint density at radius 1 is 1.23 bits per heavy atom. The highest BCUT2D eigenvalue weighted by Crippen LogP contribution is 2.35. The molecule has 0 spiro atoms. The Hall–Kier alpha value is -0.370. The van der Waals surface area contributed by atoms with E-state index < -0.39 is 5.41 Å². The largest absolute Gasteiger partial charge is 0.395 e. The Bertz CT molecular complexity index is 189. The summed E-state index contributed by atoms with van der Waals surface area (Å²) in [6.45, 7) is 11.4. The zero-order valence-corrected chi connectivity index (χ0v) is 9.64. The van der Waals surface area contributed by atoms with Gasteiger partial charge in [-0.25, -0.2) is 0 Å². The molecular weight excluding hydrogens is 164 g/mol. The maximum atomic E-state index is 12.0. The van der Waals surface area contributed by atoms with Crippen LogP contribution in [0.3, 0.4) is 0 Å². The normalized spacial score (nSPS) is 17.2. The van der Waals surface area contributed by atoms with Crippen LogP contribution < -0.4 is 0 Å². The summed E-state index contributed by atoms with van der Waals surface area (Å²) in [5.74, 6) is 0.307. The molecule has 0 saturated carbocycles. The van der Waals surface area contributed by atoms with Gasteiger partial charge >= 0.3 is 0 Å². The highest BCUT2D eigenvalue weighted by Gasteiger charge is 2.41. The monoisotopic (exact) mass is 186 g/mol. The Morgan fingerprint density at radius 3 is 1.69 bits per heavy atom. The van der Waals surface area contributed by atoms with Gasteiger partial charge in [-0.15, -0.1) is 0 Å². The summed E-state index contributed by atoms with van der Waals surface area (Å²) < 4.78 is 0. The highest BCUT2D eigenvalue weighted by atomic mass is 16.3. The maximum absolute atomic E-state index is 12.0. The molecule has 0 unspecified atom stereocenters. The van der Waals surface area contributed by atoms with Crippen LogP contribution >= 0.6 is 0 Å². The molecule has 2 nitrogen and oxygen atoms in total. The van der Waals surface area contributed by atoms with Crippen molar-refractivity contribution in [2.24, 2.45) is 16.7 Å². The van der Waals surface area contributed by atoms with Crippen LogP contribution in [0.15, 0.2) is 0 Å². The lowest BCUT2D eigenvalue weighted by atomic mass is 9.68. The summed E-state index contributed by atoms with van der Waals surface area (Å²) in [4.78, 5) is 12.0. The molecule has 0 aliphatic heterocycles. The van der Waals surface area contributed by atoms with Gasteiger partial charge in [0.15, 0.2) is 0 Å². The molecule has 0 aliphatic rings. The molecule has 0 aromatic heterocycles. The number of ketones is 1. The summed E-state index contributed by atoms with van der Waals surface area (Å²) in [6, 6.07) is 0. The van der Waals surface area contributed by atoms with E-state index in [2.05, 4.69) is 0 Å². The Morgan fingerprint density at radius 2 is 1.62 bits per heavy atom. The second kappa shape index (κ2) is 3.79. The molecule has 78 valence electrons. The fourth-order valence-electron chi connectivity index (χ4n) is 1.37. The lowest BCUT2D eigenvalue weighted by Crippen LogP contribution is -2.43. The number of hydrogen-bond acceptors (Lipinski definition) is 2. The van der Waals surface area contributed by atoms with E-state index in [-0.39, 0.29) is 23.7 Å². The summed E-state index contributed by atoms with van der Waals surface area (Å²) in [5, 5.41) is 9.27. The first-order valence-electron chi connectivity index (χ1n) is 4.82. The van der Waals surface area contributed by atoms with Gasteiger partial charge in [-0.1, -0.05) is 41.5 Å². The molecule has 0 fully saturated rings. The second-order valence-electron chi connectivity index (χ2n) is 5.31. The number of hydrogen-bond donors (Lipinski definition) is 1. The first kappa shape index (κ1) is 12.6. The van der Waals surface area contributed by atoms with Crippen LogP contribution in [0.5, 0.6) is 0 Å². The van der Waals surface area contributed by atoms with Crippen molar-refractivity contribution in [1.29, 1.82) is 0 Å². The lowest BCUT2D eigenvalue weighted by molar-refractivity contribution is -0.141. The van der Waals surface area contributed by atoms with Crippen LogP contribution in [0, 0.1) is 16.7 Å². The smallest absolute Gasteiger partial charge is 0.146 e. The Labute approximate surface area is 81.3 Å². The maximum Gasteiger partial charge on any atom is 0.146 e. The van der Waals surface area contributed by atoms with E-state index >= 15 is 0 Å². The van der Waals surface area contributed by atoms with Crippen LogP contribution in [0.2, 0.25) is 0 Å². The van der Waals surface area contributed by atoms with Crippen LogP contribution in [-0.2, 0) is 4.79 Å². The number of carbonyl (C=O) groups is 1. The molecule has 0 rings (SSSR count). The quantitative estimate of drug-likeness (QED) is 0.734. The van der Waals surface area contributed by atoms with Crippen LogP contribution in [0.1, 0.15) is 41.5 Å². The third kappa shape index (κ3) is 2.53. The van der Waals surface area contributed by atoms with Gasteiger partial charge in [0.1, 0.15) is 5.78 Å². The SMILES string of the molecule is CC(C)[C@@](C)(CO)C(=O)C(C)(C)C. The molecular formula is C11H22O2. The Kier molecular flexibility index (Phi) is 3.68. The van der Waals surface area contributed by atoms with Gasteiger partial charge in [-0.2, -0.15) is 0 Å². The molecule has 0 saturated heterocycles. The van der Waals surface area contributed by atoms with Gasteiger partial charge in [0.05, 0.1) is 12.0 Å². The molecule has 1 N–H and O–H groups in total. The van der Waals surface area contributed by atoms with Gasteiger partial charge in [0, 0.05) is 5.41 Å². The van der Waals surface area contributed by atoms with E-state index in [1.165, 1.54) is 0 Å². The predicted molar refractivity (Wildman–Crippen MR) is 54.5 cm³/mol. The topological polar surface area (TPSA) is 37.3 Å². The number of aliphatic hydroxyl groups excluding tert-OH is 1. The Balaban J connectivity index is 4.89. The fourth-order valence-corrected chi connectivity index (χ4v) is 1.37. The summed E-state index contributed by atoms with van der Waals surface area (Å²) >= 11 is 0. The zero-order chi connectivity index (χ0) is 10.9. The molecule has 0 aromatic carbocycles. The third-order valence-electron chi connectivity index (χ3n) is 2.80. The molecule has 13 heavy (non-hydrogen) atoms. The summed E-state index contributed by atoms with van der Waals surface area (Å²) in [6.07, 6.45) is 0. The van der Waals surface area contributed by atoms with Crippen LogP contribution in [-0.4, -0.2) is 17.5 Å². The molecule has 0 radical (unpaired) electrons. The van der Waals surface area contributed by atoms with E-state index in [1.807, 2.05) is 41.5 Å². The van der Waals surface area contributed by atoms with Gasteiger partial charge < -0.3 is 5.11 Å². The molecule has 0 bridgehead atoms. The van der Waals surface area contributed by atoms with Crippen molar-refractivity contribution in [3.63, 3.8) is 0 Å². The van der Waals surface area contributed by atoms with E-state index in [0.717, 1.165) is 0 Å². The summed E-state index contributed by atoms with van der Waals surface area (Å²) in [7, 11) is 0. The minimum absolute atomic E-state index is 0.0687. The highest BCUT2D eigenvalue weighted by molar-refractivity contribution is 5.89. The molecule has 0 amide bonds. The van der Waals surface area contributed by atoms with Crippen molar-refractivity contribution in [3.8, 4) is 0 Å². The van der Waals surface area contributed by atoms with Crippen LogP contribution in [0.4, 0.5) is 0 Å². The second-order valence-corrected chi connectivity index (χ2v) is 5.31. The lowest BCUT2D eigenvalue weighted by Gasteiger charge is -2.35. The average Bonchev–Trinajstić information content (AvgIpc) is 1.99. The predicted octanol–water partition coefficient (Wildman–Crippen LogP) is 2.26. The van der Waals surface area contributed by atoms with E-state index in [1.54, 1.807) is 0 Å². The standard InChI is InChI=1S/C11H22O2/c1-8(2)11(6,7-12)9(13)10(3,4)5/h8,12H,7H2,1-6H3/t11-/m1/s1. The van der Waals surface area contributed by atoms with E-state index in [0.29, 0.717) is 0 Å². The van der Waals surface area contributed by atoms with E-state index in [9.17, 15) is 9.90 Å². The fraction of sp³-hybridized carbons (Fsp3) is 0.909. The van der Waals surface area contributed by atoms with Crippen molar-refractivity contribution < 1.29 is 9.90 Å². The van der Waals surface area contributed by atoms with Gasteiger partial charge in [-0.05, 0) is 5.92 Å². The van der Waals surface area contributed by atoms with Crippen molar-refractivity contribution in [1.82, 2.24) is 0 Å². The van der Waals surface area contributed by atoms with Gasteiger partial charge in [0.2, 0.25) is 0 Å². The van der Waals surface area contributed by atoms with Crippen LogP contribution in [0.25, 0.3) is 0 Å². The average molecular weight is 186 g/mol. The number of rotatable bonds is 3. The van der Waals surface area contributed by atoms with Gasteiger partial charge in [-0.3, -0.25) is 4.79 Å². The minimum Gasteiger partial charge on any atom is -0.395 e. The number of aliphatic hydroxyl groups is 1. The van der Waals surface area contributed by atoms with Crippen molar-refractivity contribution in [3.05, 3.63) is 0 Å². The summed E-state index contributed by atoms with van der Waals surface area (Å²) in [5.41, 5.74) is -0.972. The first-order valence-corrected chi connectivity index (χ1v) is 4.82. The van der Waals surface area contributed by atoms with Crippen molar-refractivity contribution in [2.75, 3.05) is 6.61 Å². The number of carbonyl (C=O) groups excluding carboxylic acids is 1. The zero-order valence-electron chi connectivity index (χ0n) is 9.64. The van der Waals surface area contributed by atoms with Gasteiger partial charge in [0.25, 0.3) is 0 Å². The first-order chi connectivity index (χ1) is 5.66. The number of Topliss-reactive ketones (excluding diaryl/α,β-unsaturated/α-hetero) is 1. The van der Waals surface area contributed by atoms with E-state index in [4.69, 9.17) is 0 Å². The molecule has 2 heteroatoms. The molecule has 0 aromatic rings. The molecule has 1 atom stereocenters. The molecule has 0 heterocycles. The third-order valence-corrected chi connectivity index (χ3v) is 2.80. The molecule has 0 aliphatic carbocycles.